The highest BCUT2D eigenvalue weighted by atomic mass is 16.5. The monoisotopic (exact) mass is 236 g/mol. The van der Waals surface area contributed by atoms with Crippen LogP contribution in [0.25, 0.3) is 0 Å². The van der Waals surface area contributed by atoms with E-state index in [2.05, 4.69) is 36.1 Å². The van der Waals surface area contributed by atoms with Crippen LogP contribution in [0.15, 0.2) is 30.3 Å². The van der Waals surface area contributed by atoms with Crippen LogP contribution in [-0.2, 0) is 11.3 Å². The zero-order valence-corrected chi connectivity index (χ0v) is 10.9. The summed E-state index contributed by atoms with van der Waals surface area (Å²) in [5.74, 6) is 0. The van der Waals surface area contributed by atoms with Gasteiger partial charge in [0.05, 0.1) is 6.61 Å². The van der Waals surface area contributed by atoms with Gasteiger partial charge < -0.3 is 10.5 Å². The summed E-state index contributed by atoms with van der Waals surface area (Å²) in [6, 6.07) is 10.9. The van der Waals surface area contributed by atoms with Crippen molar-refractivity contribution in [3.63, 3.8) is 0 Å². The first kappa shape index (κ1) is 14.2. The third-order valence-electron chi connectivity index (χ3n) is 2.83. The summed E-state index contributed by atoms with van der Waals surface area (Å²) in [6.07, 6.45) is 0. The fourth-order valence-corrected chi connectivity index (χ4v) is 1.83. The van der Waals surface area contributed by atoms with Crippen LogP contribution in [0.2, 0.25) is 0 Å². The van der Waals surface area contributed by atoms with Gasteiger partial charge in [-0.2, -0.15) is 0 Å². The van der Waals surface area contributed by atoms with Gasteiger partial charge in [0.2, 0.25) is 0 Å². The van der Waals surface area contributed by atoms with Crippen molar-refractivity contribution >= 4 is 0 Å². The van der Waals surface area contributed by atoms with Crippen LogP contribution in [0.4, 0.5) is 0 Å². The van der Waals surface area contributed by atoms with Crippen molar-refractivity contribution in [2.24, 2.45) is 5.73 Å². The molecular weight excluding hydrogens is 212 g/mol. The van der Waals surface area contributed by atoms with Gasteiger partial charge in [0, 0.05) is 32.3 Å². The van der Waals surface area contributed by atoms with Crippen molar-refractivity contribution in [3.05, 3.63) is 35.9 Å². The molecule has 3 nitrogen and oxygen atoms in total. The molecule has 0 saturated heterocycles. The molecule has 1 aromatic rings. The maximum atomic E-state index is 5.67. The molecule has 1 rings (SSSR count). The number of nitrogens with zero attached hydrogens (tertiary/aromatic N) is 1. The number of benzene rings is 1. The van der Waals surface area contributed by atoms with Crippen molar-refractivity contribution < 1.29 is 4.74 Å². The van der Waals surface area contributed by atoms with Crippen LogP contribution in [0.3, 0.4) is 0 Å². The number of ether oxygens (including phenoxy) is 1. The normalized spacial score (nSPS) is 12.9. The second-order valence-corrected chi connectivity index (χ2v) is 4.25. The van der Waals surface area contributed by atoms with Crippen LogP contribution in [0.1, 0.15) is 19.4 Å². The Morgan fingerprint density at radius 2 is 2.00 bits per heavy atom. The third-order valence-corrected chi connectivity index (χ3v) is 2.83. The van der Waals surface area contributed by atoms with E-state index in [4.69, 9.17) is 10.5 Å². The fourth-order valence-electron chi connectivity index (χ4n) is 1.83. The maximum absolute atomic E-state index is 5.67. The van der Waals surface area contributed by atoms with E-state index in [0.717, 1.165) is 26.3 Å². The van der Waals surface area contributed by atoms with E-state index in [1.165, 1.54) is 5.56 Å². The summed E-state index contributed by atoms with van der Waals surface area (Å²) in [6.45, 7) is 8.28. The summed E-state index contributed by atoms with van der Waals surface area (Å²) in [4.78, 5) is 2.37. The minimum atomic E-state index is 0.402. The fraction of sp³-hybridized carbons (Fsp3) is 0.571. The van der Waals surface area contributed by atoms with Gasteiger partial charge in [-0.15, -0.1) is 0 Å². The Hall–Kier alpha value is -0.900. The van der Waals surface area contributed by atoms with E-state index >= 15 is 0 Å². The number of hydrogen-bond acceptors (Lipinski definition) is 3. The average Bonchev–Trinajstić information content (AvgIpc) is 2.36. The first-order valence-electron chi connectivity index (χ1n) is 6.33. The molecule has 0 heterocycles. The molecule has 0 aromatic heterocycles. The molecule has 2 N–H and O–H groups in total. The van der Waals surface area contributed by atoms with Crippen LogP contribution in [0, 0.1) is 0 Å². The molecule has 17 heavy (non-hydrogen) atoms. The van der Waals surface area contributed by atoms with Crippen LogP contribution >= 0.6 is 0 Å². The van der Waals surface area contributed by atoms with Crippen LogP contribution in [0.5, 0.6) is 0 Å². The molecule has 0 aliphatic carbocycles. The van der Waals surface area contributed by atoms with Crippen molar-refractivity contribution in [2.75, 3.05) is 26.3 Å². The van der Waals surface area contributed by atoms with Gasteiger partial charge in [0.15, 0.2) is 0 Å². The molecule has 1 aromatic carbocycles. The third kappa shape index (κ3) is 5.31. The summed E-state index contributed by atoms with van der Waals surface area (Å²) >= 11 is 0. The molecule has 0 aliphatic heterocycles. The molecule has 0 amide bonds. The predicted octanol–water partition coefficient (Wildman–Crippen LogP) is 1.87. The molecule has 96 valence electrons. The van der Waals surface area contributed by atoms with Gasteiger partial charge in [0.1, 0.15) is 0 Å². The smallest absolute Gasteiger partial charge is 0.0619 e. The maximum Gasteiger partial charge on any atom is 0.0619 e. The van der Waals surface area contributed by atoms with Crippen molar-refractivity contribution in [3.8, 4) is 0 Å². The predicted molar refractivity (Wildman–Crippen MR) is 71.9 cm³/mol. The summed E-state index contributed by atoms with van der Waals surface area (Å²) in [5, 5.41) is 0. The zero-order valence-electron chi connectivity index (χ0n) is 10.9. The molecule has 0 aliphatic rings. The van der Waals surface area contributed by atoms with Crippen molar-refractivity contribution in [1.82, 2.24) is 4.90 Å². The highest BCUT2D eigenvalue weighted by Crippen LogP contribution is 2.08. The molecule has 0 spiro atoms. The summed E-state index contributed by atoms with van der Waals surface area (Å²) in [5.41, 5.74) is 6.99. The van der Waals surface area contributed by atoms with E-state index in [-0.39, 0.29) is 0 Å². The first-order chi connectivity index (χ1) is 8.27. The highest BCUT2D eigenvalue weighted by molar-refractivity contribution is 5.14. The molecule has 0 fully saturated rings. The lowest BCUT2D eigenvalue weighted by molar-refractivity contribution is 0.0711. The van der Waals surface area contributed by atoms with Gasteiger partial charge in [-0.1, -0.05) is 30.3 Å². The Kier molecular flexibility index (Phi) is 6.86. The topological polar surface area (TPSA) is 38.5 Å². The van der Waals surface area contributed by atoms with E-state index in [9.17, 15) is 0 Å². The van der Waals surface area contributed by atoms with E-state index in [1.807, 2.05) is 13.0 Å². The van der Waals surface area contributed by atoms with Gasteiger partial charge in [-0.25, -0.2) is 0 Å². The second-order valence-electron chi connectivity index (χ2n) is 4.25. The lowest BCUT2D eigenvalue weighted by Gasteiger charge is -2.28. The second kappa shape index (κ2) is 8.23. The van der Waals surface area contributed by atoms with E-state index < -0.39 is 0 Å². The molecule has 0 saturated carbocycles. The number of rotatable bonds is 8. The first-order valence-corrected chi connectivity index (χ1v) is 6.33. The standard InChI is InChI=1S/C14H24N2O/c1-3-17-12-13(2)16(10-9-15)11-14-7-5-4-6-8-14/h4-8,13H,3,9-12,15H2,1-2H3. The Morgan fingerprint density at radius 1 is 1.29 bits per heavy atom. The Morgan fingerprint density at radius 3 is 2.59 bits per heavy atom. The Bertz CT molecular complexity index is 290. The van der Waals surface area contributed by atoms with Gasteiger partial charge in [-0.3, -0.25) is 4.90 Å². The summed E-state index contributed by atoms with van der Waals surface area (Å²) in [7, 11) is 0. The van der Waals surface area contributed by atoms with E-state index in [0.29, 0.717) is 12.6 Å². The van der Waals surface area contributed by atoms with Crippen LogP contribution < -0.4 is 5.73 Å². The van der Waals surface area contributed by atoms with Crippen LogP contribution in [-0.4, -0.2) is 37.2 Å². The molecule has 1 unspecified atom stereocenters. The van der Waals surface area contributed by atoms with Crippen molar-refractivity contribution in [2.45, 2.75) is 26.4 Å². The summed E-state index contributed by atoms with van der Waals surface area (Å²) < 4.78 is 5.48. The highest BCUT2D eigenvalue weighted by Gasteiger charge is 2.13. The zero-order chi connectivity index (χ0) is 12.5. The molecule has 3 heteroatoms. The molecule has 0 bridgehead atoms. The SMILES string of the molecule is CCOCC(C)N(CCN)Cc1ccccc1. The Balaban J connectivity index is 2.53. The largest absolute Gasteiger partial charge is 0.380 e. The lowest BCUT2D eigenvalue weighted by atomic mass is 10.2. The molecular formula is C14H24N2O. The molecule has 1 atom stereocenters. The number of hydrogen-bond donors (Lipinski definition) is 1. The van der Waals surface area contributed by atoms with E-state index in [1.54, 1.807) is 0 Å². The van der Waals surface area contributed by atoms with Gasteiger partial charge >= 0.3 is 0 Å². The molecule has 0 radical (unpaired) electrons. The van der Waals surface area contributed by atoms with Crippen molar-refractivity contribution in [1.29, 1.82) is 0 Å². The minimum Gasteiger partial charge on any atom is -0.380 e. The average molecular weight is 236 g/mol. The van der Waals surface area contributed by atoms with Gasteiger partial charge in [0.25, 0.3) is 0 Å². The lowest BCUT2D eigenvalue weighted by Crippen LogP contribution is -2.39. The minimum absolute atomic E-state index is 0.402. The quantitative estimate of drug-likeness (QED) is 0.749. The van der Waals surface area contributed by atoms with Gasteiger partial charge in [-0.05, 0) is 19.4 Å². The Labute approximate surface area is 105 Å². The number of nitrogens with two attached hydrogens (primary N) is 1.